The lowest BCUT2D eigenvalue weighted by molar-refractivity contribution is 0.101. The molecule has 0 saturated carbocycles. The zero-order valence-corrected chi connectivity index (χ0v) is 16.1. The van der Waals surface area contributed by atoms with Gasteiger partial charge < -0.3 is 4.74 Å². The molecule has 25 heavy (non-hydrogen) atoms. The van der Waals surface area contributed by atoms with Gasteiger partial charge >= 0.3 is 0 Å². The van der Waals surface area contributed by atoms with Crippen LogP contribution >= 0.6 is 0 Å². The predicted molar refractivity (Wildman–Crippen MR) is 101 cm³/mol. The summed E-state index contributed by atoms with van der Waals surface area (Å²) in [5.74, 6) is 0.237. The second-order valence-electron chi connectivity index (χ2n) is 6.34. The minimum Gasteiger partial charge on any atom is -0.496 e. The van der Waals surface area contributed by atoms with Crippen molar-refractivity contribution in [2.45, 2.75) is 42.8 Å². The number of hydrogen-bond donors (Lipinski definition) is 0. The lowest BCUT2D eigenvalue weighted by Gasteiger charge is -2.17. The van der Waals surface area contributed by atoms with Crippen LogP contribution in [-0.2, 0) is 9.84 Å². The molecule has 0 saturated heterocycles. The van der Waals surface area contributed by atoms with Crippen molar-refractivity contribution in [1.29, 1.82) is 0 Å². The third kappa shape index (κ3) is 3.79. The van der Waals surface area contributed by atoms with Crippen LogP contribution in [0.4, 0.5) is 0 Å². The lowest BCUT2D eigenvalue weighted by Crippen LogP contribution is -2.11. The Balaban J connectivity index is 2.77. The van der Waals surface area contributed by atoms with E-state index < -0.39 is 9.84 Å². The Labute approximate surface area is 150 Å². The minimum absolute atomic E-state index is 0.0325. The summed E-state index contributed by atoms with van der Waals surface area (Å²) in [4.78, 5) is 12.7. The first-order valence-corrected chi connectivity index (χ1v) is 9.77. The Morgan fingerprint density at radius 1 is 1.16 bits per heavy atom. The van der Waals surface area contributed by atoms with E-state index >= 15 is 0 Å². The summed E-state index contributed by atoms with van der Waals surface area (Å²) in [5.41, 5.74) is 1.93. The molecule has 4 nitrogen and oxygen atoms in total. The molecule has 132 valence electrons. The van der Waals surface area contributed by atoms with Crippen LogP contribution in [0.25, 0.3) is 0 Å². The SMILES string of the molecule is BCC(=O)c1cc(S(=O)(=O)c2ccc(C)cc2)c(C(C)C)cc1OC. The first-order valence-electron chi connectivity index (χ1n) is 8.29. The fraction of sp³-hybridized carbons (Fsp3) is 0.316. The van der Waals surface area contributed by atoms with Gasteiger partial charge in [0.25, 0.3) is 0 Å². The fourth-order valence-electron chi connectivity index (χ4n) is 2.68. The quantitative estimate of drug-likeness (QED) is 0.588. The molecule has 0 fully saturated rings. The summed E-state index contributed by atoms with van der Waals surface area (Å²) in [7, 11) is -0.500. The number of rotatable bonds is 6. The first-order chi connectivity index (χ1) is 11.7. The second kappa shape index (κ2) is 7.44. The van der Waals surface area contributed by atoms with Gasteiger partial charge in [-0.3, -0.25) is 4.79 Å². The van der Waals surface area contributed by atoms with E-state index in [0.29, 0.717) is 16.9 Å². The molecule has 0 spiro atoms. The molecule has 0 amide bonds. The number of hydrogen-bond acceptors (Lipinski definition) is 4. The van der Waals surface area contributed by atoms with Gasteiger partial charge in [0.1, 0.15) is 13.6 Å². The largest absolute Gasteiger partial charge is 0.496 e. The normalized spacial score (nSPS) is 11.6. The van der Waals surface area contributed by atoms with Crippen molar-refractivity contribution in [2.24, 2.45) is 0 Å². The highest BCUT2D eigenvalue weighted by Gasteiger charge is 2.26. The van der Waals surface area contributed by atoms with E-state index in [0.717, 1.165) is 5.56 Å². The maximum absolute atomic E-state index is 13.2. The van der Waals surface area contributed by atoms with E-state index in [1.807, 2.05) is 20.8 Å². The van der Waals surface area contributed by atoms with Crippen molar-refractivity contribution in [3.8, 4) is 5.75 Å². The van der Waals surface area contributed by atoms with Gasteiger partial charge in [0.2, 0.25) is 9.84 Å². The Kier molecular flexibility index (Phi) is 5.73. The highest BCUT2D eigenvalue weighted by Crippen LogP contribution is 2.35. The summed E-state index contributed by atoms with van der Waals surface area (Å²) >= 11 is 0. The smallest absolute Gasteiger partial charge is 0.206 e. The van der Waals surface area contributed by atoms with Crippen LogP contribution in [0.15, 0.2) is 46.2 Å². The molecule has 0 aliphatic rings. The van der Waals surface area contributed by atoms with Gasteiger partial charge in [0, 0.05) is 0 Å². The number of carbonyl (C=O) groups is 1. The number of benzene rings is 2. The first kappa shape index (κ1) is 19.3. The molecule has 0 aromatic heterocycles. The van der Waals surface area contributed by atoms with Crippen molar-refractivity contribution in [3.05, 3.63) is 53.1 Å². The average Bonchev–Trinajstić information content (AvgIpc) is 2.60. The van der Waals surface area contributed by atoms with Crippen LogP contribution in [-0.4, -0.2) is 29.2 Å². The molecule has 0 bridgehead atoms. The van der Waals surface area contributed by atoms with Crippen LogP contribution in [0, 0.1) is 6.92 Å². The van der Waals surface area contributed by atoms with E-state index in [2.05, 4.69) is 0 Å². The molecule has 0 unspecified atom stereocenters. The predicted octanol–water partition coefficient (Wildman–Crippen LogP) is 3.19. The van der Waals surface area contributed by atoms with Crippen molar-refractivity contribution in [3.63, 3.8) is 0 Å². The molecule has 0 N–H and O–H groups in total. The summed E-state index contributed by atoms with van der Waals surface area (Å²) in [6.07, 6.45) is 0.279. The standard InChI is InChI=1S/C19H23BO4S/c1-12(2)15-9-18(24-4)16(17(21)11-20)10-19(15)25(22,23)14-7-5-13(3)6-8-14/h5-10,12H,11,20H2,1-4H3. The van der Waals surface area contributed by atoms with Crippen LogP contribution in [0.1, 0.15) is 41.3 Å². The number of sulfone groups is 1. The number of Topliss-reactive ketones (excluding diaryl/α,β-unsaturated/α-hetero) is 1. The van der Waals surface area contributed by atoms with E-state index in [4.69, 9.17) is 4.74 Å². The van der Waals surface area contributed by atoms with Crippen molar-refractivity contribution in [1.82, 2.24) is 0 Å². The van der Waals surface area contributed by atoms with E-state index in [1.165, 1.54) is 13.2 Å². The zero-order chi connectivity index (χ0) is 18.8. The van der Waals surface area contributed by atoms with Crippen molar-refractivity contribution < 1.29 is 17.9 Å². The molecular formula is C19H23BO4S. The number of methoxy groups -OCH3 is 1. The molecule has 0 heterocycles. The van der Waals surface area contributed by atoms with Crippen molar-refractivity contribution in [2.75, 3.05) is 7.11 Å². The second-order valence-corrected chi connectivity index (χ2v) is 8.26. The Hall–Kier alpha value is -2.08. The number of aryl methyl sites for hydroxylation is 1. The summed E-state index contributed by atoms with van der Waals surface area (Å²) < 4.78 is 31.7. The van der Waals surface area contributed by atoms with Gasteiger partial charge in [0.05, 0.1) is 22.5 Å². The third-order valence-corrected chi connectivity index (χ3v) is 6.02. The Morgan fingerprint density at radius 2 is 1.76 bits per heavy atom. The number of ether oxygens (including phenoxy) is 1. The van der Waals surface area contributed by atoms with E-state index in [9.17, 15) is 13.2 Å². The highest BCUT2D eigenvalue weighted by molar-refractivity contribution is 7.91. The monoisotopic (exact) mass is 358 g/mol. The van der Waals surface area contributed by atoms with Crippen molar-refractivity contribution >= 4 is 23.5 Å². The Morgan fingerprint density at radius 3 is 2.24 bits per heavy atom. The number of carbonyl (C=O) groups excluding carboxylic acids is 1. The van der Waals surface area contributed by atoms with E-state index in [-0.39, 0.29) is 27.8 Å². The van der Waals surface area contributed by atoms with Gasteiger partial charge in [-0.2, -0.15) is 0 Å². The molecule has 0 radical (unpaired) electrons. The molecule has 6 heteroatoms. The van der Waals surface area contributed by atoms with Crippen LogP contribution in [0.3, 0.4) is 0 Å². The van der Waals surface area contributed by atoms with Crippen LogP contribution in [0.2, 0.25) is 6.32 Å². The van der Waals surface area contributed by atoms with Gasteiger partial charge in [-0.05, 0) is 49.0 Å². The van der Waals surface area contributed by atoms with Crippen LogP contribution in [0.5, 0.6) is 5.75 Å². The maximum atomic E-state index is 13.2. The van der Waals surface area contributed by atoms with Crippen LogP contribution < -0.4 is 4.74 Å². The average molecular weight is 358 g/mol. The summed E-state index contributed by atoms with van der Waals surface area (Å²) in [6.45, 7) is 5.75. The fourth-order valence-corrected chi connectivity index (χ4v) is 4.31. The van der Waals surface area contributed by atoms with E-state index in [1.54, 1.807) is 38.2 Å². The molecule has 0 aliphatic heterocycles. The summed E-state index contributed by atoms with van der Waals surface area (Å²) in [5, 5.41) is 0. The Bertz CT molecular complexity index is 884. The molecule has 0 aliphatic carbocycles. The molecule has 2 aromatic carbocycles. The minimum atomic E-state index is -3.73. The van der Waals surface area contributed by atoms with Gasteiger partial charge in [-0.15, -0.1) is 0 Å². The zero-order valence-electron chi connectivity index (χ0n) is 15.3. The molecular weight excluding hydrogens is 335 g/mol. The topological polar surface area (TPSA) is 60.4 Å². The third-order valence-electron chi connectivity index (χ3n) is 4.20. The highest BCUT2D eigenvalue weighted by atomic mass is 32.2. The van der Waals surface area contributed by atoms with Gasteiger partial charge in [-0.25, -0.2) is 8.42 Å². The lowest BCUT2D eigenvalue weighted by atomic mass is 9.93. The summed E-state index contributed by atoms with van der Waals surface area (Å²) in [6, 6.07) is 9.87. The molecule has 0 atom stereocenters. The van der Waals surface area contributed by atoms with Gasteiger partial charge in [-0.1, -0.05) is 31.5 Å². The molecule has 2 aromatic rings. The van der Waals surface area contributed by atoms with Gasteiger partial charge in [0.15, 0.2) is 5.78 Å². The molecule has 2 rings (SSSR count). The number of ketones is 1. The maximum Gasteiger partial charge on any atom is 0.206 e.